The van der Waals surface area contributed by atoms with Crippen molar-refractivity contribution in [2.45, 2.75) is 18.9 Å². The van der Waals surface area contributed by atoms with Crippen molar-refractivity contribution in [2.75, 3.05) is 13.1 Å². The number of carbonyl (C=O) groups is 2. The van der Waals surface area contributed by atoms with E-state index in [-0.39, 0.29) is 23.3 Å². The van der Waals surface area contributed by atoms with Crippen molar-refractivity contribution in [3.05, 3.63) is 60.4 Å². The molecule has 27 heavy (non-hydrogen) atoms. The van der Waals surface area contributed by atoms with Crippen LogP contribution in [-0.4, -0.2) is 59.5 Å². The number of carbonyl (C=O) groups excluding carboxylic acids is 1. The number of para-hydroxylation sites is 1. The van der Waals surface area contributed by atoms with Gasteiger partial charge in [-0.15, -0.1) is 0 Å². The van der Waals surface area contributed by atoms with Crippen molar-refractivity contribution in [1.82, 2.24) is 29.4 Å². The highest BCUT2D eigenvalue weighted by molar-refractivity contribution is 5.96. The predicted octanol–water partition coefficient (Wildman–Crippen LogP) is 1.64. The minimum atomic E-state index is -1.17. The molecule has 9 nitrogen and oxygen atoms in total. The molecule has 1 N–H and O–H groups in total. The summed E-state index contributed by atoms with van der Waals surface area (Å²) in [5.74, 6) is -1.42. The summed E-state index contributed by atoms with van der Waals surface area (Å²) in [7, 11) is 0. The maximum absolute atomic E-state index is 13.2. The van der Waals surface area contributed by atoms with E-state index < -0.39 is 5.97 Å². The zero-order chi connectivity index (χ0) is 18.8. The molecule has 1 aliphatic rings. The summed E-state index contributed by atoms with van der Waals surface area (Å²) < 4.78 is 3.15. The second-order valence-corrected chi connectivity index (χ2v) is 6.39. The largest absolute Gasteiger partial charge is 0.476 e. The Hall–Kier alpha value is -3.49. The first-order chi connectivity index (χ1) is 13.1. The molecule has 0 saturated carbocycles. The molecular formula is C18H18N6O3. The number of hydrogen-bond acceptors (Lipinski definition) is 5. The van der Waals surface area contributed by atoms with E-state index in [2.05, 4.69) is 15.2 Å². The van der Waals surface area contributed by atoms with Gasteiger partial charge >= 0.3 is 5.97 Å². The summed E-state index contributed by atoms with van der Waals surface area (Å²) in [5.41, 5.74) is 0.711. The van der Waals surface area contributed by atoms with E-state index in [4.69, 9.17) is 0 Å². The van der Waals surface area contributed by atoms with Crippen molar-refractivity contribution >= 4 is 11.9 Å². The van der Waals surface area contributed by atoms with Crippen LogP contribution in [0.2, 0.25) is 0 Å². The van der Waals surface area contributed by atoms with Crippen LogP contribution in [0.3, 0.4) is 0 Å². The van der Waals surface area contributed by atoms with Crippen molar-refractivity contribution in [3.63, 3.8) is 0 Å². The van der Waals surface area contributed by atoms with E-state index in [1.807, 2.05) is 18.2 Å². The maximum atomic E-state index is 13.2. The third-order valence-electron chi connectivity index (χ3n) is 4.64. The number of aromatic nitrogens is 5. The summed E-state index contributed by atoms with van der Waals surface area (Å²) in [6, 6.07) is 10.4. The number of piperidine rings is 1. The Morgan fingerprint density at radius 2 is 2.00 bits per heavy atom. The molecule has 1 fully saturated rings. The molecule has 9 heteroatoms. The fourth-order valence-electron chi connectivity index (χ4n) is 3.33. The lowest BCUT2D eigenvalue weighted by Gasteiger charge is -2.32. The molecule has 2 aromatic heterocycles. The van der Waals surface area contributed by atoms with Crippen molar-refractivity contribution in [2.24, 2.45) is 0 Å². The third-order valence-corrected chi connectivity index (χ3v) is 4.64. The molecule has 138 valence electrons. The predicted molar refractivity (Wildman–Crippen MR) is 94.7 cm³/mol. The van der Waals surface area contributed by atoms with E-state index in [0.717, 1.165) is 12.8 Å². The lowest BCUT2D eigenvalue weighted by Crippen LogP contribution is -2.41. The molecule has 0 spiro atoms. The number of carboxylic acid groups (broad SMARTS) is 1. The average molecular weight is 366 g/mol. The van der Waals surface area contributed by atoms with Crippen LogP contribution < -0.4 is 0 Å². The monoisotopic (exact) mass is 366 g/mol. The normalized spacial score (nSPS) is 17.0. The molecule has 0 bridgehead atoms. The van der Waals surface area contributed by atoms with Gasteiger partial charge < -0.3 is 10.0 Å². The highest BCUT2D eigenvalue weighted by Crippen LogP contribution is 2.23. The maximum Gasteiger partial charge on any atom is 0.356 e. The van der Waals surface area contributed by atoms with Crippen LogP contribution in [0.15, 0.2) is 49.1 Å². The van der Waals surface area contributed by atoms with Gasteiger partial charge in [-0.1, -0.05) is 18.2 Å². The summed E-state index contributed by atoms with van der Waals surface area (Å²) in [6.45, 7) is 1.09. The first kappa shape index (κ1) is 17.0. The highest BCUT2D eigenvalue weighted by atomic mass is 16.4. The van der Waals surface area contributed by atoms with Gasteiger partial charge in [-0.2, -0.15) is 10.2 Å². The standard InChI is InChI=1S/C18H18N6O3/c25-17(22-8-4-7-14(10-22)23-12-19-11-20-23)16-9-15(18(26)27)21-24(16)13-5-2-1-3-6-13/h1-3,5-6,9,11-12,14H,4,7-8,10H2,(H,26,27)/t14-/m1/s1. The Bertz CT molecular complexity index is 951. The van der Waals surface area contributed by atoms with Gasteiger partial charge in [0.1, 0.15) is 18.3 Å². The Balaban J connectivity index is 1.66. The summed E-state index contributed by atoms with van der Waals surface area (Å²) in [4.78, 5) is 30.2. The lowest BCUT2D eigenvalue weighted by atomic mass is 10.1. The fourth-order valence-corrected chi connectivity index (χ4v) is 3.33. The minimum absolute atomic E-state index is 0.0530. The van der Waals surface area contributed by atoms with Crippen LogP contribution >= 0.6 is 0 Å². The van der Waals surface area contributed by atoms with Crippen LogP contribution in [0.25, 0.3) is 5.69 Å². The number of benzene rings is 1. The molecule has 0 unspecified atom stereocenters. The van der Waals surface area contributed by atoms with Gasteiger partial charge in [0.05, 0.1) is 11.7 Å². The van der Waals surface area contributed by atoms with Crippen molar-refractivity contribution in [1.29, 1.82) is 0 Å². The van der Waals surface area contributed by atoms with Crippen molar-refractivity contribution in [3.8, 4) is 5.69 Å². The van der Waals surface area contributed by atoms with Gasteiger partial charge in [0.2, 0.25) is 0 Å². The van der Waals surface area contributed by atoms with Gasteiger partial charge in [-0.05, 0) is 25.0 Å². The molecule has 0 radical (unpaired) electrons. The van der Waals surface area contributed by atoms with E-state index in [9.17, 15) is 14.7 Å². The summed E-state index contributed by atoms with van der Waals surface area (Å²) in [5, 5.41) is 17.6. The number of carboxylic acids is 1. The minimum Gasteiger partial charge on any atom is -0.476 e. The average Bonchev–Trinajstić information content (AvgIpc) is 3.38. The summed E-state index contributed by atoms with van der Waals surface area (Å²) >= 11 is 0. The van der Waals surface area contributed by atoms with Crippen LogP contribution in [0.4, 0.5) is 0 Å². The molecule has 4 rings (SSSR count). The smallest absolute Gasteiger partial charge is 0.356 e. The quantitative estimate of drug-likeness (QED) is 0.752. The Morgan fingerprint density at radius 1 is 1.19 bits per heavy atom. The molecule has 1 aromatic carbocycles. The number of aromatic carboxylic acids is 1. The van der Waals surface area contributed by atoms with Gasteiger partial charge in [0.25, 0.3) is 5.91 Å². The van der Waals surface area contributed by atoms with Crippen molar-refractivity contribution < 1.29 is 14.7 Å². The van der Waals surface area contributed by atoms with E-state index >= 15 is 0 Å². The topological polar surface area (TPSA) is 106 Å². The highest BCUT2D eigenvalue weighted by Gasteiger charge is 2.29. The number of rotatable bonds is 4. The zero-order valence-electron chi connectivity index (χ0n) is 14.5. The fraction of sp³-hybridized carbons (Fsp3) is 0.278. The van der Waals surface area contributed by atoms with E-state index in [1.165, 1.54) is 17.1 Å². The van der Waals surface area contributed by atoms with Gasteiger partial charge in [0.15, 0.2) is 5.69 Å². The van der Waals surface area contributed by atoms with Gasteiger partial charge in [0, 0.05) is 19.2 Å². The third kappa shape index (κ3) is 3.31. The second-order valence-electron chi connectivity index (χ2n) is 6.39. The lowest BCUT2D eigenvalue weighted by molar-refractivity contribution is 0.0662. The van der Waals surface area contributed by atoms with Gasteiger partial charge in [-0.25, -0.2) is 19.1 Å². The molecule has 0 aliphatic carbocycles. The molecule has 1 saturated heterocycles. The summed E-state index contributed by atoms with van der Waals surface area (Å²) in [6.07, 6.45) is 4.87. The van der Waals surface area contributed by atoms with Crippen LogP contribution in [0.1, 0.15) is 39.9 Å². The first-order valence-corrected chi connectivity index (χ1v) is 8.65. The zero-order valence-corrected chi connectivity index (χ0v) is 14.5. The number of hydrogen-bond donors (Lipinski definition) is 1. The number of amides is 1. The molecule has 1 atom stereocenters. The second kappa shape index (κ2) is 7.02. The van der Waals surface area contributed by atoms with Crippen LogP contribution in [0.5, 0.6) is 0 Å². The van der Waals surface area contributed by atoms with Crippen LogP contribution in [0, 0.1) is 0 Å². The van der Waals surface area contributed by atoms with E-state index in [1.54, 1.807) is 28.0 Å². The molecular weight excluding hydrogens is 348 g/mol. The Labute approximate surface area is 154 Å². The SMILES string of the molecule is O=C(O)c1cc(C(=O)N2CCC[C@@H](n3cncn3)C2)n(-c2ccccc2)n1. The molecule has 1 amide bonds. The molecule has 3 aromatic rings. The Morgan fingerprint density at radius 3 is 2.70 bits per heavy atom. The Kier molecular flexibility index (Phi) is 4.41. The van der Waals surface area contributed by atoms with E-state index in [0.29, 0.717) is 18.8 Å². The van der Waals surface area contributed by atoms with Crippen LogP contribution in [-0.2, 0) is 0 Å². The number of nitrogens with zero attached hydrogens (tertiary/aromatic N) is 6. The molecule has 3 heterocycles. The first-order valence-electron chi connectivity index (χ1n) is 8.65. The molecule has 1 aliphatic heterocycles. The number of likely N-dealkylation sites (tertiary alicyclic amines) is 1. The van der Waals surface area contributed by atoms with Gasteiger partial charge in [-0.3, -0.25) is 4.79 Å².